The zero-order chi connectivity index (χ0) is 26.8. The van der Waals surface area contributed by atoms with Gasteiger partial charge in [-0.3, -0.25) is 14.2 Å². The molecule has 2 amide bonds. The molecule has 0 atom stereocenters. The van der Waals surface area contributed by atoms with Crippen molar-refractivity contribution in [3.05, 3.63) is 45.9 Å². The van der Waals surface area contributed by atoms with Gasteiger partial charge in [0.2, 0.25) is 11.8 Å². The van der Waals surface area contributed by atoms with Crippen LogP contribution in [-0.4, -0.2) is 58.2 Å². The van der Waals surface area contributed by atoms with Gasteiger partial charge in [0.05, 0.1) is 13.2 Å². The van der Waals surface area contributed by atoms with Crippen LogP contribution < -0.4 is 26.8 Å². The third-order valence-corrected chi connectivity index (χ3v) is 5.63. The summed E-state index contributed by atoms with van der Waals surface area (Å²) in [7, 11) is 1.56. The topological polar surface area (TPSA) is 166 Å². The quantitative estimate of drug-likeness (QED) is 0.234. The van der Waals surface area contributed by atoms with Crippen molar-refractivity contribution >= 4 is 28.8 Å². The summed E-state index contributed by atoms with van der Waals surface area (Å²) in [5, 5.41) is 5.66. The molecule has 1 aromatic carbocycles. The highest BCUT2D eigenvalue weighted by atomic mass is 16.5. The van der Waals surface area contributed by atoms with Crippen LogP contribution in [0.3, 0.4) is 0 Å². The van der Waals surface area contributed by atoms with Crippen molar-refractivity contribution in [1.82, 2.24) is 30.2 Å². The lowest BCUT2D eigenvalue weighted by molar-refractivity contribution is -0.126. The molecule has 0 aliphatic rings. The van der Waals surface area contributed by atoms with Crippen LogP contribution in [0.1, 0.15) is 44.2 Å². The fraction of sp³-hybridized carbons (Fsp3) is 0.480. The van der Waals surface area contributed by atoms with Gasteiger partial charge in [0.25, 0.3) is 0 Å². The Hall–Kier alpha value is -3.93. The van der Waals surface area contributed by atoms with Gasteiger partial charge in [-0.25, -0.2) is 4.79 Å². The molecule has 2 heterocycles. The Morgan fingerprint density at radius 3 is 2.41 bits per heavy atom. The number of fused-ring (bicyclic) bond motifs is 1. The van der Waals surface area contributed by atoms with Crippen molar-refractivity contribution in [2.24, 2.45) is 5.92 Å². The highest BCUT2D eigenvalue weighted by Gasteiger charge is 2.15. The number of aromatic nitrogens is 4. The number of methoxy groups -OCH3 is 1. The van der Waals surface area contributed by atoms with Gasteiger partial charge in [0.15, 0.2) is 11.5 Å². The second kappa shape index (κ2) is 13.4. The van der Waals surface area contributed by atoms with Crippen LogP contribution in [0.15, 0.2) is 29.1 Å². The molecule has 2 aromatic heterocycles. The van der Waals surface area contributed by atoms with E-state index in [9.17, 15) is 14.4 Å². The molecule has 0 aliphatic heterocycles. The predicted octanol–water partition coefficient (Wildman–Crippen LogP) is 1.33. The highest BCUT2D eigenvalue weighted by Crippen LogP contribution is 2.18. The van der Waals surface area contributed by atoms with E-state index in [1.54, 1.807) is 7.11 Å². The van der Waals surface area contributed by atoms with Gasteiger partial charge in [0, 0.05) is 33.0 Å². The van der Waals surface area contributed by atoms with E-state index in [-0.39, 0.29) is 55.3 Å². The summed E-state index contributed by atoms with van der Waals surface area (Å²) < 4.78 is 11.9. The molecule has 0 radical (unpaired) electrons. The summed E-state index contributed by atoms with van der Waals surface area (Å²) in [6.45, 7) is 6.02. The number of hydrogen-bond acceptors (Lipinski definition) is 8. The summed E-state index contributed by atoms with van der Waals surface area (Å²) in [6, 6.07) is 7.55. The molecule has 0 bridgehead atoms. The molecule has 5 N–H and O–H groups in total. The van der Waals surface area contributed by atoms with Gasteiger partial charge in [-0.05, 0) is 23.5 Å². The minimum absolute atomic E-state index is 0.0638. The van der Waals surface area contributed by atoms with E-state index < -0.39 is 0 Å². The Morgan fingerprint density at radius 2 is 1.73 bits per heavy atom. The monoisotopic (exact) mass is 513 g/mol. The number of nitrogens with zero attached hydrogens (tertiary/aromatic N) is 3. The number of nitrogens with one attached hydrogen (secondary N) is 3. The van der Waals surface area contributed by atoms with E-state index in [1.807, 2.05) is 24.3 Å². The first-order chi connectivity index (χ1) is 17.8. The third-order valence-electron chi connectivity index (χ3n) is 5.63. The first kappa shape index (κ1) is 27.7. The van der Waals surface area contributed by atoms with Crippen LogP contribution in [0, 0.1) is 5.92 Å². The largest absolute Gasteiger partial charge is 0.461 e. The highest BCUT2D eigenvalue weighted by molar-refractivity contribution is 5.83. The Bertz CT molecular complexity index is 1250. The maximum Gasteiger partial charge on any atom is 0.328 e. The first-order valence-electron chi connectivity index (χ1n) is 12.3. The third kappa shape index (κ3) is 8.31. The number of anilines is 1. The standard InChI is InChI=1S/C25H35N7O5/c1-16(2)10-11-27-19(33)8-9-20(34)28-14-17-4-6-18(7-5-17)15-32-23-21(29-25(32)35)22(26)30-24(31-23)37-13-12-36-3/h4-7,16H,8-15H2,1-3H3,(H,27,33)(H,28,34)(H,29,35)(H2,26,30,31). The SMILES string of the molecule is COCCOc1nc(N)c2[nH]c(=O)n(Cc3ccc(CNC(=O)CCC(=O)NCCC(C)C)cc3)c2n1. The molecule has 0 unspecified atom stereocenters. The number of nitrogen functional groups attached to an aromatic ring is 1. The Morgan fingerprint density at radius 1 is 1.05 bits per heavy atom. The molecule has 12 heteroatoms. The average Bonchev–Trinajstić information content (AvgIpc) is 3.17. The molecule has 0 saturated heterocycles. The zero-order valence-electron chi connectivity index (χ0n) is 21.5. The van der Waals surface area contributed by atoms with Gasteiger partial charge in [-0.1, -0.05) is 38.1 Å². The van der Waals surface area contributed by atoms with Crippen LogP contribution in [0.25, 0.3) is 11.2 Å². The van der Waals surface area contributed by atoms with E-state index >= 15 is 0 Å². The normalized spacial score (nSPS) is 11.1. The minimum atomic E-state index is -0.366. The van der Waals surface area contributed by atoms with Crippen molar-refractivity contribution in [2.45, 2.75) is 46.2 Å². The van der Waals surface area contributed by atoms with Crippen LogP contribution >= 0.6 is 0 Å². The summed E-state index contributed by atoms with van der Waals surface area (Å²) in [6.07, 6.45) is 1.21. The van der Waals surface area contributed by atoms with Crippen molar-refractivity contribution in [3.63, 3.8) is 0 Å². The summed E-state index contributed by atoms with van der Waals surface area (Å²) in [5.74, 6) is 0.333. The lowest BCUT2D eigenvalue weighted by atomic mass is 10.1. The molecule has 0 aliphatic carbocycles. The molecule has 3 aromatic rings. The zero-order valence-corrected chi connectivity index (χ0v) is 21.5. The number of nitrogens with two attached hydrogens (primary N) is 1. The number of amides is 2. The average molecular weight is 514 g/mol. The number of carbonyl (C=O) groups is 2. The van der Waals surface area contributed by atoms with Crippen molar-refractivity contribution in [2.75, 3.05) is 32.6 Å². The van der Waals surface area contributed by atoms with Crippen molar-refractivity contribution in [3.8, 4) is 6.01 Å². The molecule has 0 spiro atoms. The van der Waals surface area contributed by atoms with E-state index in [4.69, 9.17) is 15.2 Å². The lowest BCUT2D eigenvalue weighted by Crippen LogP contribution is -2.28. The molecule has 0 saturated carbocycles. The van der Waals surface area contributed by atoms with Crippen LogP contribution in [0.4, 0.5) is 5.82 Å². The van der Waals surface area contributed by atoms with Gasteiger partial charge in [-0.15, -0.1) is 0 Å². The van der Waals surface area contributed by atoms with Gasteiger partial charge in [0.1, 0.15) is 12.1 Å². The first-order valence-corrected chi connectivity index (χ1v) is 12.3. The Labute approximate surface area is 215 Å². The van der Waals surface area contributed by atoms with Crippen LogP contribution in [0.2, 0.25) is 0 Å². The lowest BCUT2D eigenvalue weighted by Gasteiger charge is -2.09. The van der Waals surface area contributed by atoms with Crippen LogP contribution in [-0.2, 0) is 27.4 Å². The Balaban J connectivity index is 1.54. The number of hydrogen-bond donors (Lipinski definition) is 4. The molecule has 0 fully saturated rings. The summed E-state index contributed by atoms with van der Waals surface area (Å²) >= 11 is 0. The number of carbonyl (C=O) groups excluding carboxylic acids is 2. The van der Waals surface area contributed by atoms with E-state index in [1.165, 1.54) is 4.57 Å². The van der Waals surface area contributed by atoms with E-state index in [0.29, 0.717) is 36.8 Å². The smallest absolute Gasteiger partial charge is 0.328 e. The number of aromatic amines is 1. The van der Waals surface area contributed by atoms with Gasteiger partial charge in [-0.2, -0.15) is 9.97 Å². The summed E-state index contributed by atoms with van der Waals surface area (Å²) in [5.41, 5.74) is 8.05. The summed E-state index contributed by atoms with van der Waals surface area (Å²) in [4.78, 5) is 47.6. The fourth-order valence-electron chi connectivity index (χ4n) is 3.51. The molecule has 12 nitrogen and oxygen atoms in total. The number of rotatable bonds is 14. The number of imidazole rings is 1. The molecular weight excluding hydrogens is 478 g/mol. The molecule has 200 valence electrons. The Kier molecular flexibility index (Phi) is 10.0. The predicted molar refractivity (Wildman–Crippen MR) is 139 cm³/mol. The fourth-order valence-corrected chi connectivity index (χ4v) is 3.51. The maximum absolute atomic E-state index is 12.6. The minimum Gasteiger partial charge on any atom is -0.461 e. The van der Waals surface area contributed by atoms with E-state index in [0.717, 1.165) is 17.5 Å². The molecule has 3 rings (SSSR count). The van der Waals surface area contributed by atoms with Gasteiger partial charge < -0.3 is 30.8 Å². The van der Waals surface area contributed by atoms with Crippen molar-refractivity contribution < 1.29 is 19.1 Å². The van der Waals surface area contributed by atoms with E-state index in [2.05, 4.69) is 39.4 Å². The molecule has 37 heavy (non-hydrogen) atoms. The second-order valence-electron chi connectivity index (χ2n) is 9.07. The van der Waals surface area contributed by atoms with Gasteiger partial charge >= 0.3 is 11.7 Å². The van der Waals surface area contributed by atoms with Crippen LogP contribution in [0.5, 0.6) is 6.01 Å². The second-order valence-corrected chi connectivity index (χ2v) is 9.07. The van der Waals surface area contributed by atoms with Crippen molar-refractivity contribution in [1.29, 1.82) is 0 Å². The maximum atomic E-state index is 12.6. The number of H-pyrrole nitrogens is 1. The number of ether oxygens (including phenoxy) is 2. The molecular formula is C25H35N7O5. The number of benzene rings is 1.